The first-order chi connectivity index (χ1) is 15.7. The van der Waals surface area contributed by atoms with Crippen LogP contribution in [0.4, 0.5) is 4.39 Å². The third-order valence-electron chi connectivity index (χ3n) is 5.86. The maximum atomic E-state index is 13.6. The average Bonchev–Trinajstić information content (AvgIpc) is 3.28. The zero-order chi connectivity index (χ0) is 22.3. The van der Waals surface area contributed by atoms with Crippen molar-refractivity contribution in [3.05, 3.63) is 71.3 Å². The molecule has 1 aliphatic heterocycles. The van der Waals surface area contributed by atoms with Gasteiger partial charge in [0.15, 0.2) is 5.82 Å². The van der Waals surface area contributed by atoms with Gasteiger partial charge in [0.1, 0.15) is 11.6 Å². The fraction of sp³-hybridized carbons (Fsp3) is 0.435. The number of rotatable bonds is 9. The monoisotopic (exact) mass is 440 g/mol. The van der Waals surface area contributed by atoms with Crippen LogP contribution in [0.2, 0.25) is 0 Å². The minimum Gasteiger partial charge on any atom is -0.496 e. The fourth-order valence-corrected chi connectivity index (χ4v) is 4.17. The van der Waals surface area contributed by atoms with E-state index in [0.29, 0.717) is 13.2 Å². The van der Waals surface area contributed by atoms with Crippen molar-refractivity contribution in [1.29, 1.82) is 0 Å². The standard InChI is InChI=1S/C23H29FN6O2/c1-31-16-15-30-23(25-26-27-30)22(18-7-9-20(24)10-8-18)29-13-11-28(12-14-29)17-19-5-3-4-6-21(19)32-2/h3-10,22H,11-17H2,1-2H3/t22-/m0/s1. The predicted octanol–water partition coefficient (Wildman–Crippen LogP) is 2.37. The van der Waals surface area contributed by atoms with Crippen LogP contribution in [0.5, 0.6) is 5.75 Å². The third-order valence-corrected chi connectivity index (χ3v) is 5.86. The molecule has 170 valence electrons. The molecule has 2 heterocycles. The minimum atomic E-state index is -0.256. The van der Waals surface area contributed by atoms with Crippen molar-refractivity contribution in [2.75, 3.05) is 47.0 Å². The maximum Gasteiger partial charge on any atom is 0.173 e. The Hall–Kier alpha value is -2.88. The van der Waals surface area contributed by atoms with Crippen molar-refractivity contribution < 1.29 is 13.9 Å². The molecule has 2 aromatic carbocycles. The van der Waals surface area contributed by atoms with Crippen LogP contribution in [0.15, 0.2) is 48.5 Å². The van der Waals surface area contributed by atoms with Crippen molar-refractivity contribution in [3.8, 4) is 5.75 Å². The van der Waals surface area contributed by atoms with E-state index in [9.17, 15) is 4.39 Å². The number of nitrogens with zero attached hydrogens (tertiary/aromatic N) is 6. The molecule has 0 radical (unpaired) electrons. The topological polar surface area (TPSA) is 68.5 Å². The summed E-state index contributed by atoms with van der Waals surface area (Å²) in [4.78, 5) is 4.78. The molecule has 3 aromatic rings. The highest BCUT2D eigenvalue weighted by molar-refractivity contribution is 5.33. The molecule has 9 heteroatoms. The number of hydrogen-bond acceptors (Lipinski definition) is 7. The molecule has 8 nitrogen and oxygen atoms in total. The molecule has 0 N–H and O–H groups in total. The molecule has 0 amide bonds. The second-order valence-electron chi connectivity index (χ2n) is 7.83. The lowest BCUT2D eigenvalue weighted by atomic mass is 10.0. The minimum absolute atomic E-state index is 0.157. The van der Waals surface area contributed by atoms with Gasteiger partial charge in [0.05, 0.1) is 26.3 Å². The number of methoxy groups -OCH3 is 2. The molecule has 1 fully saturated rings. The Morgan fingerprint density at radius 2 is 1.75 bits per heavy atom. The highest BCUT2D eigenvalue weighted by Gasteiger charge is 2.30. The number of ether oxygens (including phenoxy) is 2. The first-order valence-electron chi connectivity index (χ1n) is 10.8. The number of hydrogen-bond donors (Lipinski definition) is 0. The number of para-hydroxylation sites is 1. The second kappa shape index (κ2) is 10.6. The van der Waals surface area contributed by atoms with Crippen molar-refractivity contribution in [2.45, 2.75) is 19.1 Å². The Balaban J connectivity index is 1.52. The summed E-state index contributed by atoms with van der Waals surface area (Å²) in [6.07, 6.45) is 0. The summed E-state index contributed by atoms with van der Waals surface area (Å²) in [5.41, 5.74) is 2.15. The van der Waals surface area contributed by atoms with Gasteiger partial charge in [-0.05, 0) is 34.2 Å². The molecule has 32 heavy (non-hydrogen) atoms. The molecule has 0 spiro atoms. The van der Waals surface area contributed by atoms with Gasteiger partial charge in [0.2, 0.25) is 0 Å². The molecular weight excluding hydrogens is 411 g/mol. The molecule has 0 aliphatic carbocycles. The summed E-state index contributed by atoms with van der Waals surface area (Å²) in [5.74, 6) is 1.40. The smallest absolute Gasteiger partial charge is 0.173 e. The van der Waals surface area contributed by atoms with Crippen molar-refractivity contribution in [2.24, 2.45) is 0 Å². The maximum absolute atomic E-state index is 13.6. The number of aromatic nitrogens is 4. The van der Waals surface area contributed by atoms with Gasteiger partial charge < -0.3 is 9.47 Å². The normalized spacial score (nSPS) is 16.2. The molecule has 1 saturated heterocycles. The van der Waals surface area contributed by atoms with E-state index in [-0.39, 0.29) is 11.9 Å². The van der Waals surface area contributed by atoms with Crippen LogP contribution in [0, 0.1) is 5.82 Å². The number of halogens is 1. The van der Waals surface area contributed by atoms with Gasteiger partial charge in [0, 0.05) is 45.4 Å². The zero-order valence-electron chi connectivity index (χ0n) is 18.5. The van der Waals surface area contributed by atoms with Crippen LogP contribution in [-0.2, 0) is 17.8 Å². The summed E-state index contributed by atoms with van der Waals surface area (Å²) in [6, 6.07) is 14.6. The summed E-state index contributed by atoms with van der Waals surface area (Å²) in [6.45, 7) is 5.39. The summed E-state index contributed by atoms with van der Waals surface area (Å²) >= 11 is 0. The number of tetrazole rings is 1. The van der Waals surface area contributed by atoms with Crippen LogP contribution in [0.1, 0.15) is 23.0 Å². The molecular formula is C23H29FN6O2. The summed E-state index contributed by atoms with van der Waals surface area (Å²) < 4.78 is 26.1. The Morgan fingerprint density at radius 3 is 2.47 bits per heavy atom. The van der Waals surface area contributed by atoms with Gasteiger partial charge in [0.25, 0.3) is 0 Å². The molecule has 0 saturated carbocycles. The van der Waals surface area contributed by atoms with E-state index in [4.69, 9.17) is 9.47 Å². The first-order valence-corrected chi connectivity index (χ1v) is 10.8. The highest BCUT2D eigenvalue weighted by atomic mass is 19.1. The fourth-order valence-electron chi connectivity index (χ4n) is 4.17. The molecule has 0 unspecified atom stereocenters. The quantitative estimate of drug-likeness (QED) is 0.506. The van der Waals surface area contributed by atoms with E-state index >= 15 is 0 Å². The van der Waals surface area contributed by atoms with E-state index in [1.54, 1.807) is 18.9 Å². The van der Waals surface area contributed by atoms with Gasteiger partial charge in [-0.1, -0.05) is 30.3 Å². The lowest BCUT2D eigenvalue weighted by Crippen LogP contribution is -2.48. The molecule has 1 atom stereocenters. The van der Waals surface area contributed by atoms with Gasteiger partial charge in [-0.25, -0.2) is 9.07 Å². The largest absolute Gasteiger partial charge is 0.496 e. The molecule has 4 rings (SSSR count). The Morgan fingerprint density at radius 1 is 1.00 bits per heavy atom. The molecule has 1 aromatic heterocycles. The van der Waals surface area contributed by atoms with E-state index in [1.165, 1.54) is 17.7 Å². The third kappa shape index (κ3) is 5.12. The Kier molecular flexibility index (Phi) is 7.41. The van der Waals surface area contributed by atoms with E-state index in [1.807, 2.05) is 30.3 Å². The van der Waals surface area contributed by atoms with Gasteiger partial charge in [-0.3, -0.25) is 9.80 Å². The van der Waals surface area contributed by atoms with Crippen LogP contribution in [-0.4, -0.2) is 77.0 Å². The highest BCUT2D eigenvalue weighted by Crippen LogP contribution is 2.29. The lowest BCUT2D eigenvalue weighted by Gasteiger charge is -2.39. The van der Waals surface area contributed by atoms with E-state index < -0.39 is 0 Å². The number of benzene rings is 2. The SMILES string of the molecule is COCCn1nnnc1[C@H](c1ccc(F)cc1)N1CCN(Cc2ccccc2OC)CC1. The van der Waals surface area contributed by atoms with Crippen LogP contribution < -0.4 is 4.74 Å². The van der Waals surface area contributed by atoms with Gasteiger partial charge in [-0.2, -0.15) is 0 Å². The van der Waals surface area contributed by atoms with Crippen LogP contribution in [0.25, 0.3) is 0 Å². The molecule has 1 aliphatic rings. The Bertz CT molecular complexity index is 988. The van der Waals surface area contributed by atoms with Crippen LogP contribution >= 0.6 is 0 Å². The zero-order valence-corrected chi connectivity index (χ0v) is 18.5. The second-order valence-corrected chi connectivity index (χ2v) is 7.83. The van der Waals surface area contributed by atoms with Crippen molar-refractivity contribution in [3.63, 3.8) is 0 Å². The predicted molar refractivity (Wildman–Crippen MR) is 118 cm³/mol. The first kappa shape index (κ1) is 22.3. The average molecular weight is 441 g/mol. The lowest BCUT2D eigenvalue weighted by molar-refractivity contribution is 0.0983. The van der Waals surface area contributed by atoms with E-state index in [0.717, 1.165) is 49.9 Å². The summed E-state index contributed by atoms with van der Waals surface area (Å²) in [5, 5.41) is 12.4. The van der Waals surface area contributed by atoms with Gasteiger partial charge >= 0.3 is 0 Å². The molecule has 0 bridgehead atoms. The van der Waals surface area contributed by atoms with Crippen LogP contribution in [0.3, 0.4) is 0 Å². The number of piperazine rings is 1. The van der Waals surface area contributed by atoms with E-state index in [2.05, 4.69) is 31.4 Å². The van der Waals surface area contributed by atoms with Crippen molar-refractivity contribution >= 4 is 0 Å². The van der Waals surface area contributed by atoms with Gasteiger partial charge in [-0.15, -0.1) is 5.10 Å². The Labute approximate surface area is 187 Å². The van der Waals surface area contributed by atoms with Crippen molar-refractivity contribution in [1.82, 2.24) is 30.0 Å². The summed E-state index contributed by atoms with van der Waals surface area (Å²) in [7, 11) is 3.36.